The molecule has 102 valence electrons. The molecule has 2 rings (SSSR count). The number of aromatic nitrogens is 2. The summed E-state index contributed by atoms with van der Waals surface area (Å²) in [6, 6.07) is 0. The molecule has 0 spiro atoms. The maximum absolute atomic E-state index is 4.15. The normalized spacial score (nSPS) is 18.9. The van der Waals surface area contributed by atoms with Crippen LogP contribution in [0.25, 0.3) is 0 Å². The van der Waals surface area contributed by atoms with Gasteiger partial charge in [0.05, 0.1) is 6.33 Å². The molecule has 1 saturated carbocycles. The Morgan fingerprint density at radius 3 is 2.72 bits per heavy atom. The molecule has 0 aromatic carbocycles. The van der Waals surface area contributed by atoms with Crippen LogP contribution in [0.5, 0.6) is 0 Å². The van der Waals surface area contributed by atoms with Crippen LogP contribution in [0.15, 0.2) is 18.7 Å². The molecule has 0 saturated heterocycles. The largest absolute Gasteiger partial charge is 0.337 e. The first-order chi connectivity index (χ1) is 8.88. The van der Waals surface area contributed by atoms with Crippen molar-refractivity contribution < 1.29 is 0 Å². The molecule has 2 nitrogen and oxygen atoms in total. The summed E-state index contributed by atoms with van der Waals surface area (Å²) >= 11 is 0. The Hall–Kier alpha value is -0.790. The minimum Gasteiger partial charge on any atom is -0.337 e. The van der Waals surface area contributed by atoms with Gasteiger partial charge < -0.3 is 4.57 Å². The predicted octanol–water partition coefficient (Wildman–Crippen LogP) is 4.66. The minimum atomic E-state index is 0.853. The maximum Gasteiger partial charge on any atom is 0.0945 e. The van der Waals surface area contributed by atoms with E-state index in [1.54, 1.807) is 0 Å². The number of rotatable bonds is 7. The fourth-order valence-electron chi connectivity index (χ4n) is 3.38. The zero-order valence-corrected chi connectivity index (χ0v) is 11.9. The Kier molecular flexibility index (Phi) is 5.76. The topological polar surface area (TPSA) is 17.8 Å². The van der Waals surface area contributed by atoms with Crippen molar-refractivity contribution in [1.82, 2.24) is 9.55 Å². The van der Waals surface area contributed by atoms with E-state index >= 15 is 0 Å². The van der Waals surface area contributed by atoms with Gasteiger partial charge in [-0.15, -0.1) is 0 Å². The van der Waals surface area contributed by atoms with Crippen molar-refractivity contribution in [2.24, 2.45) is 11.8 Å². The number of imidazole rings is 1. The molecule has 0 bridgehead atoms. The van der Waals surface area contributed by atoms with Gasteiger partial charge >= 0.3 is 0 Å². The Morgan fingerprint density at radius 1 is 1.22 bits per heavy atom. The van der Waals surface area contributed by atoms with E-state index in [-0.39, 0.29) is 0 Å². The zero-order chi connectivity index (χ0) is 12.6. The molecule has 1 heterocycles. The standard InChI is InChI=1S/C16H28N2/c1-2-6-16(13-18-12-11-17-14-18)10-9-15-7-4-3-5-8-15/h11-12,14-16H,2-10,13H2,1H3. The monoisotopic (exact) mass is 248 g/mol. The van der Waals surface area contributed by atoms with Gasteiger partial charge in [0.15, 0.2) is 0 Å². The summed E-state index contributed by atoms with van der Waals surface area (Å²) in [7, 11) is 0. The SMILES string of the molecule is CCCC(CCC1CCCCC1)Cn1ccnc1. The zero-order valence-electron chi connectivity index (χ0n) is 11.9. The third kappa shape index (κ3) is 4.47. The van der Waals surface area contributed by atoms with Crippen LogP contribution < -0.4 is 0 Å². The van der Waals surface area contributed by atoms with Gasteiger partial charge in [-0.25, -0.2) is 4.98 Å². The Morgan fingerprint density at radius 2 is 2.06 bits per heavy atom. The first-order valence-electron chi connectivity index (χ1n) is 7.84. The Bertz CT molecular complexity index is 299. The van der Waals surface area contributed by atoms with Crippen molar-refractivity contribution in [3.63, 3.8) is 0 Å². The van der Waals surface area contributed by atoms with Crippen LogP contribution >= 0.6 is 0 Å². The average molecular weight is 248 g/mol. The number of hydrogen-bond donors (Lipinski definition) is 0. The lowest BCUT2D eigenvalue weighted by atomic mass is 9.83. The van der Waals surface area contributed by atoms with Crippen LogP contribution in [-0.4, -0.2) is 9.55 Å². The Balaban J connectivity index is 1.74. The fraction of sp³-hybridized carbons (Fsp3) is 0.812. The molecule has 0 aliphatic heterocycles. The highest BCUT2D eigenvalue weighted by atomic mass is 15.0. The highest BCUT2D eigenvalue weighted by Crippen LogP contribution is 2.29. The molecule has 1 atom stereocenters. The molecular formula is C16H28N2. The molecule has 1 fully saturated rings. The molecular weight excluding hydrogens is 220 g/mol. The van der Waals surface area contributed by atoms with Crippen molar-refractivity contribution in [3.8, 4) is 0 Å². The first kappa shape index (κ1) is 13.6. The quantitative estimate of drug-likeness (QED) is 0.686. The van der Waals surface area contributed by atoms with Gasteiger partial charge in [0.25, 0.3) is 0 Å². The molecule has 0 radical (unpaired) electrons. The van der Waals surface area contributed by atoms with Gasteiger partial charge in [0, 0.05) is 18.9 Å². The van der Waals surface area contributed by atoms with Crippen LogP contribution in [0.1, 0.15) is 64.7 Å². The van der Waals surface area contributed by atoms with Crippen molar-refractivity contribution in [1.29, 1.82) is 0 Å². The van der Waals surface area contributed by atoms with Crippen molar-refractivity contribution in [2.45, 2.75) is 71.3 Å². The summed E-state index contributed by atoms with van der Waals surface area (Å²) in [4.78, 5) is 4.15. The second kappa shape index (κ2) is 7.60. The third-order valence-corrected chi connectivity index (χ3v) is 4.43. The lowest BCUT2D eigenvalue weighted by Gasteiger charge is -2.24. The van der Waals surface area contributed by atoms with Gasteiger partial charge in [-0.3, -0.25) is 0 Å². The third-order valence-electron chi connectivity index (χ3n) is 4.43. The van der Waals surface area contributed by atoms with Crippen molar-refractivity contribution in [2.75, 3.05) is 0 Å². The highest BCUT2D eigenvalue weighted by Gasteiger charge is 2.16. The van der Waals surface area contributed by atoms with E-state index in [0.29, 0.717) is 0 Å². The van der Waals surface area contributed by atoms with Crippen LogP contribution in [0.4, 0.5) is 0 Å². The predicted molar refractivity (Wildman–Crippen MR) is 76.4 cm³/mol. The molecule has 2 heteroatoms. The van der Waals surface area contributed by atoms with Gasteiger partial charge in [-0.2, -0.15) is 0 Å². The van der Waals surface area contributed by atoms with E-state index in [0.717, 1.165) is 11.8 Å². The van der Waals surface area contributed by atoms with Crippen molar-refractivity contribution in [3.05, 3.63) is 18.7 Å². The molecule has 1 unspecified atom stereocenters. The molecule has 1 aromatic rings. The summed E-state index contributed by atoms with van der Waals surface area (Å²) < 4.78 is 2.25. The van der Waals surface area contributed by atoms with E-state index in [9.17, 15) is 0 Å². The highest BCUT2D eigenvalue weighted by molar-refractivity contribution is 4.76. The van der Waals surface area contributed by atoms with Gasteiger partial charge in [0.1, 0.15) is 0 Å². The molecule has 1 aliphatic carbocycles. The second-order valence-electron chi connectivity index (χ2n) is 6.00. The summed E-state index contributed by atoms with van der Waals surface area (Å²) in [5.74, 6) is 1.88. The van der Waals surface area contributed by atoms with Crippen LogP contribution in [0.2, 0.25) is 0 Å². The second-order valence-corrected chi connectivity index (χ2v) is 6.00. The minimum absolute atomic E-state index is 0.853. The van der Waals surface area contributed by atoms with Crippen LogP contribution in [-0.2, 0) is 6.54 Å². The van der Waals surface area contributed by atoms with E-state index in [1.807, 2.05) is 12.5 Å². The number of nitrogens with zero attached hydrogens (tertiary/aromatic N) is 2. The van der Waals surface area contributed by atoms with E-state index < -0.39 is 0 Å². The van der Waals surface area contributed by atoms with Crippen molar-refractivity contribution >= 4 is 0 Å². The van der Waals surface area contributed by atoms with Gasteiger partial charge in [-0.05, 0) is 24.7 Å². The van der Waals surface area contributed by atoms with E-state index in [1.165, 1.54) is 64.3 Å². The van der Waals surface area contributed by atoms with E-state index in [4.69, 9.17) is 0 Å². The first-order valence-corrected chi connectivity index (χ1v) is 7.84. The lowest BCUT2D eigenvalue weighted by molar-refractivity contribution is 0.287. The van der Waals surface area contributed by atoms with Gasteiger partial charge in [0.2, 0.25) is 0 Å². The summed E-state index contributed by atoms with van der Waals surface area (Å²) in [5.41, 5.74) is 0. The van der Waals surface area contributed by atoms with Crippen LogP contribution in [0, 0.1) is 11.8 Å². The maximum atomic E-state index is 4.15. The molecule has 18 heavy (non-hydrogen) atoms. The van der Waals surface area contributed by atoms with E-state index in [2.05, 4.69) is 22.7 Å². The smallest absolute Gasteiger partial charge is 0.0945 e. The molecule has 1 aromatic heterocycles. The fourth-order valence-corrected chi connectivity index (χ4v) is 3.38. The average Bonchev–Trinajstić information content (AvgIpc) is 2.90. The summed E-state index contributed by atoms with van der Waals surface area (Å²) in [6.07, 6.45) is 18.9. The van der Waals surface area contributed by atoms with Crippen LogP contribution in [0.3, 0.4) is 0 Å². The summed E-state index contributed by atoms with van der Waals surface area (Å²) in [5, 5.41) is 0. The number of hydrogen-bond acceptors (Lipinski definition) is 1. The molecule has 1 aliphatic rings. The Labute approximate surface area is 112 Å². The summed E-state index contributed by atoms with van der Waals surface area (Å²) in [6.45, 7) is 3.47. The molecule has 0 amide bonds. The lowest BCUT2D eigenvalue weighted by Crippen LogP contribution is -2.13. The van der Waals surface area contributed by atoms with Gasteiger partial charge in [-0.1, -0.05) is 51.9 Å². The molecule has 0 N–H and O–H groups in total.